The maximum atomic E-state index is 12.5. The standard InChI is InChI=1S/C16H21N3O3/c1-18-14(6-7-15(18)20)16(21)17-12-4-2-3-5-13(12)19-8-10-22-11-9-19/h2-5,14H,6-11H2,1H3,(H,17,21). The number of nitrogens with one attached hydrogen (secondary N) is 1. The highest BCUT2D eigenvalue weighted by Gasteiger charge is 2.33. The number of para-hydroxylation sites is 2. The summed E-state index contributed by atoms with van der Waals surface area (Å²) in [4.78, 5) is 27.8. The van der Waals surface area contributed by atoms with Crippen molar-refractivity contribution in [2.75, 3.05) is 43.6 Å². The van der Waals surface area contributed by atoms with Gasteiger partial charge in [0.05, 0.1) is 24.6 Å². The van der Waals surface area contributed by atoms with Gasteiger partial charge in [-0.2, -0.15) is 0 Å². The van der Waals surface area contributed by atoms with Gasteiger partial charge in [-0.1, -0.05) is 12.1 Å². The average Bonchev–Trinajstić information content (AvgIpc) is 2.88. The number of ether oxygens (including phenoxy) is 1. The van der Waals surface area contributed by atoms with Gasteiger partial charge in [0, 0.05) is 26.6 Å². The number of likely N-dealkylation sites (tertiary alicyclic amines) is 1. The first kappa shape index (κ1) is 14.8. The number of carbonyl (C=O) groups is 2. The number of likely N-dealkylation sites (N-methyl/N-ethyl adjacent to an activating group) is 1. The summed E-state index contributed by atoms with van der Waals surface area (Å²) < 4.78 is 5.38. The van der Waals surface area contributed by atoms with E-state index in [9.17, 15) is 9.59 Å². The van der Waals surface area contributed by atoms with Gasteiger partial charge in [-0.05, 0) is 18.6 Å². The zero-order valence-corrected chi connectivity index (χ0v) is 12.7. The second-order valence-corrected chi connectivity index (χ2v) is 5.66. The van der Waals surface area contributed by atoms with E-state index in [1.54, 1.807) is 7.05 Å². The number of benzene rings is 1. The number of anilines is 2. The van der Waals surface area contributed by atoms with Crippen molar-refractivity contribution in [1.29, 1.82) is 0 Å². The third-order valence-electron chi connectivity index (χ3n) is 4.31. The van der Waals surface area contributed by atoms with Crippen LogP contribution in [0.5, 0.6) is 0 Å². The first-order chi connectivity index (χ1) is 10.7. The van der Waals surface area contributed by atoms with Crippen LogP contribution in [0.1, 0.15) is 12.8 Å². The Morgan fingerprint density at radius 3 is 2.68 bits per heavy atom. The minimum atomic E-state index is -0.370. The molecule has 2 saturated heterocycles. The first-order valence-electron chi connectivity index (χ1n) is 7.65. The smallest absolute Gasteiger partial charge is 0.247 e. The molecule has 118 valence electrons. The van der Waals surface area contributed by atoms with Crippen molar-refractivity contribution >= 4 is 23.2 Å². The Hall–Kier alpha value is -2.08. The molecule has 2 aliphatic rings. The summed E-state index contributed by atoms with van der Waals surface area (Å²) in [6, 6.07) is 7.41. The summed E-state index contributed by atoms with van der Waals surface area (Å²) in [5.74, 6) is -0.0873. The minimum Gasteiger partial charge on any atom is -0.378 e. The van der Waals surface area contributed by atoms with Crippen molar-refractivity contribution in [3.05, 3.63) is 24.3 Å². The number of nitrogens with zero attached hydrogens (tertiary/aromatic N) is 2. The number of hydrogen-bond acceptors (Lipinski definition) is 4. The molecule has 1 aromatic rings. The summed E-state index contributed by atoms with van der Waals surface area (Å²) >= 11 is 0. The number of carbonyl (C=O) groups excluding carboxylic acids is 2. The van der Waals surface area contributed by atoms with Crippen LogP contribution in [0.2, 0.25) is 0 Å². The molecule has 2 aliphatic heterocycles. The van der Waals surface area contributed by atoms with Crippen LogP contribution in [0.15, 0.2) is 24.3 Å². The molecule has 0 aromatic heterocycles. The van der Waals surface area contributed by atoms with Gasteiger partial charge in [0.1, 0.15) is 6.04 Å². The second-order valence-electron chi connectivity index (χ2n) is 5.66. The Morgan fingerprint density at radius 2 is 2.00 bits per heavy atom. The second kappa shape index (κ2) is 6.36. The monoisotopic (exact) mass is 303 g/mol. The molecule has 1 N–H and O–H groups in total. The third kappa shape index (κ3) is 2.92. The van der Waals surface area contributed by atoms with E-state index in [1.165, 1.54) is 4.90 Å². The molecule has 1 unspecified atom stereocenters. The zero-order valence-electron chi connectivity index (χ0n) is 12.7. The molecule has 22 heavy (non-hydrogen) atoms. The lowest BCUT2D eigenvalue weighted by Crippen LogP contribution is -2.40. The van der Waals surface area contributed by atoms with E-state index in [-0.39, 0.29) is 17.9 Å². The maximum absolute atomic E-state index is 12.5. The molecule has 0 aliphatic carbocycles. The Kier molecular flexibility index (Phi) is 4.29. The molecular formula is C16H21N3O3. The molecule has 0 saturated carbocycles. The van der Waals surface area contributed by atoms with Gasteiger partial charge in [0.2, 0.25) is 11.8 Å². The van der Waals surface area contributed by atoms with Gasteiger partial charge < -0.3 is 19.9 Å². The lowest BCUT2D eigenvalue weighted by Gasteiger charge is -2.31. The number of rotatable bonds is 3. The van der Waals surface area contributed by atoms with E-state index in [2.05, 4.69) is 10.2 Å². The predicted molar refractivity (Wildman–Crippen MR) is 83.9 cm³/mol. The number of amides is 2. The summed E-state index contributed by atoms with van der Waals surface area (Å²) in [5.41, 5.74) is 1.80. The van der Waals surface area contributed by atoms with E-state index >= 15 is 0 Å². The fourth-order valence-corrected chi connectivity index (χ4v) is 2.99. The molecule has 2 amide bonds. The van der Waals surface area contributed by atoms with Crippen molar-refractivity contribution in [3.63, 3.8) is 0 Å². The fraction of sp³-hybridized carbons (Fsp3) is 0.500. The molecule has 3 rings (SSSR count). The molecular weight excluding hydrogens is 282 g/mol. The molecule has 1 atom stereocenters. The zero-order chi connectivity index (χ0) is 15.5. The van der Waals surface area contributed by atoms with Crippen LogP contribution in [0.3, 0.4) is 0 Å². The number of hydrogen-bond donors (Lipinski definition) is 1. The van der Waals surface area contributed by atoms with E-state index in [1.807, 2.05) is 24.3 Å². The van der Waals surface area contributed by atoms with Crippen LogP contribution in [-0.4, -0.2) is 56.1 Å². The first-order valence-corrected chi connectivity index (χ1v) is 7.65. The molecule has 0 bridgehead atoms. The van der Waals surface area contributed by atoms with Crippen LogP contribution in [0, 0.1) is 0 Å². The average molecular weight is 303 g/mol. The van der Waals surface area contributed by atoms with Crippen molar-refractivity contribution in [3.8, 4) is 0 Å². The Labute approximate surface area is 130 Å². The van der Waals surface area contributed by atoms with Crippen LogP contribution in [0.4, 0.5) is 11.4 Å². The van der Waals surface area contributed by atoms with Gasteiger partial charge in [0.15, 0.2) is 0 Å². The van der Waals surface area contributed by atoms with Gasteiger partial charge in [0.25, 0.3) is 0 Å². The molecule has 1 aromatic carbocycles. The van der Waals surface area contributed by atoms with Crippen LogP contribution < -0.4 is 10.2 Å². The molecule has 2 heterocycles. The van der Waals surface area contributed by atoms with Gasteiger partial charge in [-0.25, -0.2) is 0 Å². The molecule has 6 nitrogen and oxygen atoms in total. The highest BCUT2D eigenvalue weighted by atomic mass is 16.5. The van der Waals surface area contributed by atoms with Crippen molar-refractivity contribution in [1.82, 2.24) is 4.90 Å². The van der Waals surface area contributed by atoms with E-state index in [0.29, 0.717) is 26.1 Å². The summed E-state index contributed by atoms with van der Waals surface area (Å²) in [6.45, 7) is 3.02. The maximum Gasteiger partial charge on any atom is 0.247 e. The minimum absolute atomic E-state index is 0.0293. The highest BCUT2D eigenvalue weighted by Crippen LogP contribution is 2.27. The Balaban J connectivity index is 1.74. The van der Waals surface area contributed by atoms with Crippen LogP contribution >= 0.6 is 0 Å². The van der Waals surface area contributed by atoms with E-state index in [0.717, 1.165) is 24.5 Å². The van der Waals surface area contributed by atoms with Crippen LogP contribution in [0.25, 0.3) is 0 Å². The predicted octanol–water partition coefficient (Wildman–Crippen LogP) is 1.08. The normalized spacial score (nSPS) is 22.0. The van der Waals surface area contributed by atoms with Crippen molar-refractivity contribution < 1.29 is 14.3 Å². The third-order valence-corrected chi connectivity index (χ3v) is 4.31. The number of morpholine rings is 1. The molecule has 0 radical (unpaired) electrons. The summed E-state index contributed by atoms with van der Waals surface area (Å²) in [6.07, 6.45) is 1.03. The van der Waals surface area contributed by atoms with E-state index < -0.39 is 0 Å². The summed E-state index contributed by atoms with van der Waals surface area (Å²) in [5, 5.41) is 2.99. The van der Waals surface area contributed by atoms with Gasteiger partial charge in [-0.3, -0.25) is 9.59 Å². The highest BCUT2D eigenvalue weighted by molar-refractivity contribution is 6.00. The van der Waals surface area contributed by atoms with E-state index in [4.69, 9.17) is 4.74 Å². The molecule has 6 heteroatoms. The molecule has 0 spiro atoms. The fourth-order valence-electron chi connectivity index (χ4n) is 2.99. The quantitative estimate of drug-likeness (QED) is 0.908. The lowest BCUT2D eigenvalue weighted by molar-refractivity contribution is -0.131. The van der Waals surface area contributed by atoms with Crippen LogP contribution in [-0.2, 0) is 14.3 Å². The van der Waals surface area contributed by atoms with Crippen molar-refractivity contribution in [2.45, 2.75) is 18.9 Å². The summed E-state index contributed by atoms with van der Waals surface area (Å²) in [7, 11) is 1.69. The Bertz CT molecular complexity index is 570. The topological polar surface area (TPSA) is 61.9 Å². The Morgan fingerprint density at radius 1 is 1.27 bits per heavy atom. The molecule has 2 fully saturated rings. The largest absolute Gasteiger partial charge is 0.378 e. The van der Waals surface area contributed by atoms with Gasteiger partial charge in [-0.15, -0.1) is 0 Å². The van der Waals surface area contributed by atoms with Crippen molar-refractivity contribution in [2.24, 2.45) is 0 Å². The SMILES string of the molecule is CN1C(=O)CCC1C(=O)Nc1ccccc1N1CCOCC1. The lowest BCUT2D eigenvalue weighted by atomic mass is 10.2. The van der Waals surface area contributed by atoms with Gasteiger partial charge >= 0.3 is 0 Å².